The molecule has 0 aliphatic heterocycles. The molecule has 0 radical (unpaired) electrons. The molecule has 1 fully saturated rings. The van der Waals surface area contributed by atoms with Crippen molar-refractivity contribution in [2.24, 2.45) is 11.7 Å². The lowest BCUT2D eigenvalue weighted by Crippen LogP contribution is -2.06. The average molecular weight is 256 g/mol. The highest BCUT2D eigenvalue weighted by molar-refractivity contribution is 6.30. The number of ether oxygens (including phenoxy) is 2. The topological polar surface area (TPSA) is 44.5 Å². The summed E-state index contributed by atoms with van der Waals surface area (Å²) in [6.45, 7) is 1.12. The Labute approximate surface area is 107 Å². The average Bonchev–Trinajstić information content (AvgIpc) is 3.14. The summed E-state index contributed by atoms with van der Waals surface area (Å²) >= 11 is 5.98. The predicted molar refractivity (Wildman–Crippen MR) is 68.7 cm³/mol. The molecule has 1 aliphatic rings. The van der Waals surface area contributed by atoms with Crippen LogP contribution in [0.25, 0.3) is 0 Å². The van der Waals surface area contributed by atoms with Crippen LogP contribution in [-0.4, -0.2) is 13.7 Å². The van der Waals surface area contributed by atoms with Gasteiger partial charge in [0.25, 0.3) is 0 Å². The second-order valence-electron chi connectivity index (χ2n) is 4.38. The fourth-order valence-electron chi connectivity index (χ4n) is 1.82. The summed E-state index contributed by atoms with van der Waals surface area (Å²) in [7, 11) is 1.61. The molecule has 17 heavy (non-hydrogen) atoms. The van der Waals surface area contributed by atoms with E-state index in [9.17, 15) is 0 Å². The van der Waals surface area contributed by atoms with Crippen LogP contribution >= 0.6 is 11.6 Å². The summed E-state index contributed by atoms with van der Waals surface area (Å²) in [6, 6.07) is 3.59. The summed E-state index contributed by atoms with van der Waals surface area (Å²) < 4.78 is 11.1. The molecule has 1 aromatic rings. The van der Waals surface area contributed by atoms with Gasteiger partial charge in [-0.1, -0.05) is 24.4 Å². The molecule has 0 amide bonds. The Kier molecular flexibility index (Phi) is 4.13. The highest BCUT2D eigenvalue weighted by Gasteiger charge is 2.21. The van der Waals surface area contributed by atoms with Crippen LogP contribution in [0.2, 0.25) is 5.02 Å². The Morgan fingerprint density at radius 1 is 1.41 bits per heavy atom. The molecule has 94 valence electrons. The largest absolute Gasteiger partial charge is 0.493 e. The Balaban J connectivity index is 2.10. The quantitative estimate of drug-likeness (QED) is 0.850. The predicted octanol–water partition coefficient (Wildman–Crippen LogP) is 2.99. The molecule has 0 bridgehead atoms. The minimum atomic E-state index is 0.398. The fourth-order valence-corrected chi connectivity index (χ4v) is 2.05. The van der Waals surface area contributed by atoms with Crippen molar-refractivity contribution in [1.29, 1.82) is 0 Å². The van der Waals surface area contributed by atoms with Gasteiger partial charge in [0.2, 0.25) is 0 Å². The van der Waals surface area contributed by atoms with Gasteiger partial charge < -0.3 is 15.2 Å². The van der Waals surface area contributed by atoms with Gasteiger partial charge in [-0.2, -0.15) is 0 Å². The molecular weight excluding hydrogens is 238 g/mol. The molecule has 0 unspecified atom stereocenters. The molecule has 1 aromatic carbocycles. The molecule has 0 aromatic heterocycles. The van der Waals surface area contributed by atoms with E-state index in [4.69, 9.17) is 26.8 Å². The first kappa shape index (κ1) is 12.5. The van der Waals surface area contributed by atoms with Gasteiger partial charge in [-0.15, -0.1) is 0 Å². The first-order chi connectivity index (χ1) is 8.24. The minimum Gasteiger partial charge on any atom is -0.493 e. The fraction of sp³-hybridized carbons (Fsp3) is 0.538. The Morgan fingerprint density at radius 3 is 2.76 bits per heavy atom. The Hall–Kier alpha value is -0.930. The van der Waals surface area contributed by atoms with E-state index in [0.29, 0.717) is 17.3 Å². The Morgan fingerprint density at radius 2 is 2.18 bits per heavy atom. The van der Waals surface area contributed by atoms with E-state index in [0.717, 1.165) is 30.3 Å². The van der Waals surface area contributed by atoms with Gasteiger partial charge in [0.1, 0.15) is 0 Å². The second-order valence-corrected chi connectivity index (χ2v) is 4.82. The first-order valence-electron chi connectivity index (χ1n) is 5.94. The van der Waals surface area contributed by atoms with Gasteiger partial charge in [-0.05, 0) is 18.4 Å². The number of halogens is 1. The minimum absolute atomic E-state index is 0.398. The molecule has 2 rings (SSSR count). The monoisotopic (exact) mass is 255 g/mol. The molecule has 0 atom stereocenters. The molecular formula is C13H18ClNO2. The maximum absolute atomic E-state index is 5.98. The molecule has 2 N–H and O–H groups in total. The summed E-state index contributed by atoms with van der Waals surface area (Å²) in [6.07, 6.45) is 3.78. The smallest absolute Gasteiger partial charge is 0.165 e. The summed E-state index contributed by atoms with van der Waals surface area (Å²) in [4.78, 5) is 0. The molecule has 0 spiro atoms. The van der Waals surface area contributed by atoms with E-state index in [1.165, 1.54) is 12.8 Å². The summed E-state index contributed by atoms with van der Waals surface area (Å²) in [5.74, 6) is 2.25. The molecule has 0 saturated heterocycles. The van der Waals surface area contributed by atoms with E-state index in [-0.39, 0.29) is 0 Å². The van der Waals surface area contributed by atoms with Crippen molar-refractivity contribution in [3.63, 3.8) is 0 Å². The molecule has 3 nitrogen and oxygen atoms in total. The summed E-state index contributed by atoms with van der Waals surface area (Å²) in [5, 5.41) is 0.622. The van der Waals surface area contributed by atoms with E-state index in [1.54, 1.807) is 13.2 Å². The van der Waals surface area contributed by atoms with Crippen molar-refractivity contribution < 1.29 is 9.47 Å². The normalized spacial score (nSPS) is 14.8. The SMILES string of the molecule is COc1cc(Cl)cc(CN)c1OCCC1CC1. The number of hydrogen-bond acceptors (Lipinski definition) is 3. The van der Waals surface area contributed by atoms with Crippen molar-refractivity contribution in [1.82, 2.24) is 0 Å². The molecule has 0 heterocycles. The number of hydrogen-bond donors (Lipinski definition) is 1. The van der Waals surface area contributed by atoms with E-state index in [2.05, 4.69) is 0 Å². The summed E-state index contributed by atoms with van der Waals surface area (Å²) in [5.41, 5.74) is 6.59. The molecule has 1 saturated carbocycles. The number of methoxy groups -OCH3 is 1. The standard InChI is InChI=1S/C13H18ClNO2/c1-16-12-7-11(14)6-10(8-15)13(12)17-5-4-9-2-3-9/h6-7,9H,2-5,8,15H2,1H3. The van der Waals surface area contributed by atoms with Crippen LogP contribution in [0.1, 0.15) is 24.8 Å². The molecule has 4 heteroatoms. The maximum atomic E-state index is 5.98. The maximum Gasteiger partial charge on any atom is 0.165 e. The lowest BCUT2D eigenvalue weighted by Gasteiger charge is -2.14. The number of nitrogens with two attached hydrogens (primary N) is 1. The van der Waals surface area contributed by atoms with Gasteiger partial charge >= 0.3 is 0 Å². The van der Waals surface area contributed by atoms with Crippen molar-refractivity contribution in [2.45, 2.75) is 25.8 Å². The van der Waals surface area contributed by atoms with E-state index >= 15 is 0 Å². The third-order valence-electron chi connectivity index (χ3n) is 3.01. The van der Waals surface area contributed by atoms with E-state index < -0.39 is 0 Å². The van der Waals surface area contributed by atoms with Gasteiger partial charge in [0.15, 0.2) is 11.5 Å². The second kappa shape index (κ2) is 5.61. The van der Waals surface area contributed by atoms with Crippen LogP contribution in [0, 0.1) is 5.92 Å². The van der Waals surface area contributed by atoms with Gasteiger partial charge in [0.05, 0.1) is 13.7 Å². The van der Waals surface area contributed by atoms with Crippen LogP contribution in [0.15, 0.2) is 12.1 Å². The van der Waals surface area contributed by atoms with Crippen LogP contribution < -0.4 is 15.2 Å². The van der Waals surface area contributed by atoms with Crippen LogP contribution in [0.4, 0.5) is 0 Å². The number of benzene rings is 1. The lowest BCUT2D eigenvalue weighted by atomic mass is 10.2. The first-order valence-corrected chi connectivity index (χ1v) is 6.31. The van der Waals surface area contributed by atoms with Crippen molar-refractivity contribution in [3.8, 4) is 11.5 Å². The zero-order valence-corrected chi connectivity index (χ0v) is 10.8. The van der Waals surface area contributed by atoms with Crippen LogP contribution in [0.5, 0.6) is 11.5 Å². The van der Waals surface area contributed by atoms with Crippen molar-refractivity contribution >= 4 is 11.6 Å². The van der Waals surface area contributed by atoms with Crippen molar-refractivity contribution in [3.05, 3.63) is 22.7 Å². The van der Waals surface area contributed by atoms with Crippen LogP contribution in [0.3, 0.4) is 0 Å². The molecule has 1 aliphatic carbocycles. The highest BCUT2D eigenvalue weighted by Crippen LogP contribution is 2.36. The van der Waals surface area contributed by atoms with Gasteiger partial charge in [0, 0.05) is 23.2 Å². The zero-order chi connectivity index (χ0) is 12.3. The third kappa shape index (κ3) is 3.27. The van der Waals surface area contributed by atoms with E-state index in [1.807, 2.05) is 6.07 Å². The van der Waals surface area contributed by atoms with Crippen LogP contribution in [-0.2, 0) is 6.54 Å². The highest BCUT2D eigenvalue weighted by atomic mass is 35.5. The number of rotatable bonds is 6. The van der Waals surface area contributed by atoms with Gasteiger partial charge in [-0.3, -0.25) is 0 Å². The van der Waals surface area contributed by atoms with Crippen molar-refractivity contribution in [2.75, 3.05) is 13.7 Å². The zero-order valence-electron chi connectivity index (χ0n) is 10.0. The van der Waals surface area contributed by atoms with Gasteiger partial charge in [-0.25, -0.2) is 0 Å². The lowest BCUT2D eigenvalue weighted by molar-refractivity contribution is 0.280. The third-order valence-corrected chi connectivity index (χ3v) is 3.22. The Bertz CT molecular complexity index is 366.